The highest BCUT2D eigenvalue weighted by Gasteiger charge is 2.14. The van der Waals surface area contributed by atoms with Gasteiger partial charge in [-0.3, -0.25) is 0 Å². The first-order valence-corrected chi connectivity index (χ1v) is 3.67. The highest BCUT2D eigenvalue weighted by Crippen LogP contribution is 2.13. The van der Waals surface area contributed by atoms with E-state index in [1.54, 1.807) is 6.20 Å². The van der Waals surface area contributed by atoms with Crippen LogP contribution >= 0.6 is 0 Å². The number of nitrogens with zero attached hydrogens (tertiary/aromatic N) is 1. The van der Waals surface area contributed by atoms with Gasteiger partial charge in [-0.15, -0.1) is 0 Å². The normalized spacial score (nSPS) is 22.3. The molecule has 0 saturated carbocycles. The molecule has 0 bridgehead atoms. The van der Waals surface area contributed by atoms with Crippen molar-refractivity contribution in [2.45, 2.75) is 6.92 Å². The molecule has 62 valence electrons. The Balaban J connectivity index is 2.67. The van der Waals surface area contributed by atoms with Gasteiger partial charge in [0, 0.05) is 18.4 Å². The SMILES string of the molecule is C=C(C)N1CCOC/C1=C/N. The maximum atomic E-state index is 5.41. The molecule has 0 aromatic carbocycles. The van der Waals surface area contributed by atoms with Gasteiger partial charge in [0.25, 0.3) is 0 Å². The van der Waals surface area contributed by atoms with Crippen molar-refractivity contribution in [3.8, 4) is 0 Å². The standard InChI is InChI=1S/C8H14N2O/c1-7(2)10-3-4-11-6-8(10)5-9/h5H,1,3-4,6,9H2,2H3/b8-5-. The van der Waals surface area contributed by atoms with Crippen molar-refractivity contribution < 1.29 is 4.74 Å². The van der Waals surface area contributed by atoms with Gasteiger partial charge in [0.05, 0.1) is 18.9 Å². The summed E-state index contributed by atoms with van der Waals surface area (Å²) in [6.07, 6.45) is 1.58. The highest BCUT2D eigenvalue weighted by atomic mass is 16.5. The van der Waals surface area contributed by atoms with E-state index in [1.807, 2.05) is 6.92 Å². The smallest absolute Gasteiger partial charge is 0.0883 e. The lowest BCUT2D eigenvalue weighted by Crippen LogP contribution is -2.33. The largest absolute Gasteiger partial charge is 0.403 e. The Morgan fingerprint density at radius 1 is 1.82 bits per heavy atom. The van der Waals surface area contributed by atoms with E-state index in [0.717, 1.165) is 24.5 Å². The summed E-state index contributed by atoms with van der Waals surface area (Å²) in [7, 11) is 0. The van der Waals surface area contributed by atoms with E-state index in [4.69, 9.17) is 10.5 Å². The van der Waals surface area contributed by atoms with Gasteiger partial charge >= 0.3 is 0 Å². The van der Waals surface area contributed by atoms with Crippen LogP contribution in [0, 0.1) is 0 Å². The quantitative estimate of drug-likeness (QED) is 0.602. The minimum absolute atomic E-state index is 0.601. The molecule has 0 aliphatic carbocycles. The molecule has 1 aliphatic rings. The first-order chi connectivity index (χ1) is 5.25. The fraction of sp³-hybridized carbons (Fsp3) is 0.500. The fourth-order valence-corrected chi connectivity index (χ4v) is 1.13. The van der Waals surface area contributed by atoms with Gasteiger partial charge < -0.3 is 15.4 Å². The average molecular weight is 154 g/mol. The highest BCUT2D eigenvalue weighted by molar-refractivity contribution is 5.10. The lowest BCUT2D eigenvalue weighted by Gasteiger charge is -2.31. The van der Waals surface area contributed by atoms with E-state index in [1.165, 1.54) is 0 Å². The topological polar surface area (TPSA) is 38.5 Å². The number of rotatable bonds is 1. The van der Waals surface area contributed by atoms with Gasteiger partial charge in [0.15, 0.2) is 0 Å². The van der Waals surface area contributed by atoms with E-state index >= 15 is 0 Å². The molecule has 0 aromatic heterocycles. The van der Waals surface area contributed by atoms with Crippen LogP contribution in [-0.2, 0) is 4.74 Å². The Morgan fingerprint density at radius 3 is 3.00 bits per heavy atom. The molecule has 3 nitrogen and oxygen atoms in total. The van der Waals surface area contributed by atoms with Crippen molar-refractivity contribution >= 4 is 0 Å². The van der Waals surface area contributed by atoms with Crippen LogP contribution in [0.25, 0.3) is 0 Å². The molecular weight excluding hydrogens is 140 g/mol. The zero-order chi connectivity index (χ0) is 8.27. The zero-order valence-electron chi connectivity index (χ0n) is 6.84. The Morgan fingerprint density at radius 2 is 2.55 bits per heavy atom. The second-order valence-electron chi connectivity index (χ2n) is 2.60. The van der Waals surface area contributed by atoms with Crippen LogP contribution in [0.2, 0.25) is 0 Å². The van der Waals surface area contributed by atoms with Crippen LogP contribution in [0.3, 0.4) is 0 Å². The molecule has 1 aliphatic heterocycles. The summed E-state index contributed by atoms with van der Waals surface area (Å²) in [5.41, 5.74) is 7.43. The Labute approximate surface area is 67.1 Å². The molecule has 3 heteroatoms. The molecule has 0 spiro atoms. The van der Waals surface area contributed by atoms with Gasteiger partial charge in [-0.25, -0.2) is 0 Å². The van der Waals surface area contributed by atoms with Crippen molar-refractivity contribution in [3.05, 3.63) is 24.2 Å². The molecule has 11 heavy (non-hydrogen) atoms. The molecule has 0 atom stereocenters. The van der Waals surface area contributed by atoms with Crippen molar-refractivity contribution in [2.75, 3.05) is 19.8 Å². The molecule has 0 amide bonds. The fourth-order valence-electron chi connectivity index (χ4n) is 1.13. The second kappa shape index (κ2) is 3.44. The molecule has 1 fully saturated rings. The van der Waals surface area contributed by atoms with E-state index in [2.05, 4.69) is 11.5 Å². The van der Waals surface area contributed by atoms with Gasteiger partial charge in [0.1, 0.15) is 0 Å². The summed E-state index contributed by atoms with van der Waals surface area (Å²) in [4.78, 5) is 2.07. The number of morpholine rings is 1. The van der Waals surface area contributed by atoms with E-state index in [9.17, 15) is 0 Å². The van der Waals surface area contributed by atoms with E-state index < -0.39 is 0 Å². The van der Waals surface area contributed by atoms with Crippen LogP contribution in [0.15, 0.2) is 24.2 Å². The lowest BCUT2D eigenvalue weighted by molar-refractivity contribution is 0.0869. The zero-order valence-corrected chi connectivity index (χ0v) is 6.84. The number of ether oxygens (including phenoxy) is 1. The molecule has 1 rings (SSSR count). The van der Waals surface area contributed by atoms with Gasteiger partial charge in [-0.1, -0.05) is 6.58 Å². The molecule has 0 aromatic rings. The van der Waals surface area contributed by atoms with Crippen molar-refractivity contribution in [1.82, 2.24) is 4.90 Å². The Bertz CT molecular complexity index is 187. The average Bonchev–Trinajstić information content (AvgIpc) is 2.04. The first kappa shape index (κ1) is 8.14. The minimum Gasteiger partial charge on any atom is -0.403 e. The lowest BCUT2D eigenvalue weighted by atomic mass is 10.3. The summed E-state index contributed by atoms with van der Waals surface area (Å²) >= 11 is 0. The third-order valence-electron chi connectivity index (χ3n) is 1.71. The molecule has 1 heterocycles. The number of nitrogens with two attached hydrogens (primary N) is 1. The molecule has 0 unspecified atom stereocenters. The third-order valence-corrected chi connectivity index (χ3v) is 1.71. The van der Waals surface area contributed by atoms with Gasteiger partial charge in [-0.05, 0) is 6.92 Å². The number of hydrogen-bond acceptors (Lipinski definition) is 3. The molecular formula is C8H14N2O. The molecule has 2 N–H and O–H groups in total. The summed E-state index contributed by atoms with van der Waals surface area (Å²) in [5.74, 6) is 0. The Kier molecular flexibility index (Phi) is 2.54. The van der Waals surface area contributed by atoms with Crippen LogP contribution < -0.4 is 5.73 Å². The van der Waals surface area contributed by atoms with Gasteiger partial charge in [-0.2, -0.15) is 0 Å². The van der Waals surface area contributed by atoms with Crippen molar-refractivity contribution in [1.29, 1.82) is 0 Å². The van der Waals surface area contributed by atoms with Gasteiger partial charge in [0.2, 0.25) is 0 Å². The summed E-state index contributed by atoms with van der Waals surface area (Å²) in [6, 6.07) is 0. The van der Waals surface area contributed by atoms with E-state index in [-0.39, 0.29) is 0 Å². The minimum atomic E-state index is 0.601. The summed E-state index contributed by atoms with van der Waals surface area (Å²) in [5, 5.41) is 0. The second-order valence-corrected chi connectivity index (χ2v) is 2.60. The maximum Gasteiger partial charge on any atom is 0.0883 e. The maximum absolute atomic E-state index is 5.41. The monoisotopic (exact) mass is 154 g/mol. The van der Waals surface area contributed by atoms with Crippen molar-refractivity contribution in [2.24, 2.45) is 5.73 Å². The summed E-state index contributed by atoms with van der Waals surface area (Å²) < 4.78 is 5.22. The first-order valence-electron chi connectivity index (χ1n) is 3.67. The predicted molar refractivity (Wildman–Crippen MR) is 44.6 cm³/mol. The predicted octanol–water partition coefficient (Wildman–Crippen LogP) is 0.652. The number of hydrogen-bond donors (Lipinski definition) is 1. The van der Waals surface area contributed by atoms with Crippen LogP contribution in [0.4, 0.5) is 0 Å². The Hall–Kier alpha value is -0.960. The molecule has 1 saturated heterocycles. The van der Waals surface area contributed by atoms with Crippen LogP contribution in [0.5, 0.6) is 0 Å². The van der Waals surface area contributed by atoms with Crippen LogP contribution in [0.1, 0.15) is 6.92 Å². The van der Waals surface area contributed by atoms with E-state index in [0.29, 0.717) is 6.61 Å². The third kappa shape index (κ3) is 1.74. The molecule has 0 radical (unpaired) electrons. The van der Waals surface area contributed by atoms with Crippen molar-refractivity contribution in [3.63, 3.8) is 0 Å². The number of allylic oxidation sites excluding steroid dienone is 1. The summed E-state index contributed by atoms with van der Waals surface area (Å²) in [6.45, 7) is 8.03. The van der Waals surface area contributed by atoms with Crippen LogP contribution in [-0.4, -0.2) is 24.7 Å².